The summed E-state index contributed by atoms with van der Waals surface area (Å²) in [4.78, 5) is 15.7. The van der Waals surface area contributed by atoms with Crippen molar-refractivity contribution in [2.24, 2.45) is 0 Å². The second kappa shape index (κ2) is 6.03. The van der Waals surface area contributed by atoms with E-state index in [1.54, 1.807) is 4.90 Å². The van der Waals surface area contributed by atoms with Crippen LogP contribution in [-0.2, 0) is 4.74 Å². The Labute approximate surface area is 113 Å². The first-order valence-electron chi connectivity index (χ1n) is 6.68. The monoisotopic (exact) mass is 278 g/mol. The molecule has 1 aliphatic rings. The molecule has 1 amide bonds. The molecule has 2 atom stereocenters. The van der Waals surface area contributed by atoms with E-state index in [-0.39, 0.29) is 12.1 Å². The van der Waals surface area contributed by atoms with Crippen LogP contribution in [0.2, 0.25) is 0 Å². The molecule has 0 aliphatic carbocycles. The smallest absolute Gasteiger partial charge is 0.410 e. The molecule has 1 fully saturated rings. The van der Waals surface area contributed by atoms with Crippen molar-refractivity contribution in [3.05, 3.63) is 0 Å². The molecule has 0 aromatic rings. The number of carbonyl (C=O) groups is 1. The number of carbonyl (C=O) groups excluding carboxylic acids is 1. The SMILES string of the molecule is CC(C)N1CC(C)N(C(=O)OCC(C)(F)F)C(C)C1. The van der Waals surface area contributed by atoms with Crippen molar-refractivity contribution in [1.29, 1.82) is 0 Å². The zero-order valence-corrected chi connectivity index (χ0v) is 12.3. The summed E-state index contributed by atoms with van der Waals surface area (Å²) < 4.78 is 30.1. The average Bonchev–Trinajstić information content (AvgIpc) is 2.24. The average molecular weight is 278 g/mol. The third-order valence-electron chi connectivity index (χ3n) is 3.34. The number of piperazine rings is 1. The quantitative estimate of drug-likeness (QED) is 0.795. The largest absolute Gasteiger partial charge is 0.443 e. The van der Waals surface area contributed by atoms with Crippen molar-refractivity contribution in [1.82, 2.24) is 9.80 Å². The topological polar surface area (TPSA) is 32.8 Å². The van der Waals surface area contributed by atoms with E-state index >= 15 is 0 Å². The van der Waals surface area contributed by atoms with Crippen molar-refractivity contribution in [2.75, 3.05) is 19.7 Å². The normalized spacial score (nSPS) is 25.8. The molecule has 0 aromatic heterocycles. The zero-order chi connectivity index (χ0) is 14.8. The van der Waals surface area contributed by atoms with Crippen LogP contribution in [0.25, 0.3) is 0 Å². The summed E-state index contributed by atoms with van der Waals surface area (Å²) in [6.45, 7) is 9.38. The van der Waals surface area contributed by atoms with Crippen molar-refractivity contribution in [2.45, 2.75) is 58.7 Å². The maximum Gasteiger partial charge on any atom is 0.410 e. The number of nitrogens with zero attached hydrogens (tertiary/aromatic N) is 2. The summed E-state index contributed by atoms with van der Waals surface area (Å²) in [5, 5.41) is 0. The Morgan fingerprint density at radius 2 is 1.79 bits per heavy atom. The first-order chi connectivity index (χ1) is 8.61. The summed E-state index contributed by atoms with van der Waals surface area (Å²) in [5.74, 6) is -2.98. The number of amides is 1. The van der Waals surface area contributed by atoms with E-state index in [1.807, 2.05) is 13.8 Å². The number of alkyl halides is 2. The van der Waals surface area contributed by atoms with E-state index in [9.17, 15) is 13.6 Å². The van der Waals surface area contributed by atoms with Crippen LogP contribution in [0.15, 0.2) is 0 Å². The number of ether oxygens (including phenoxy) is 1. The van der Waals surface area contributed by atoms with E-state index in [0.717, 1.165) is 20.0 Å². The lowest BCUT2D eigenvalue weighted by Gasteiger charge is -2.45. The molecule has 1 heterocycles. The van der Waals surface area contributed by atoms with Crippen LogP contribution in [0, 0.1) is 0 Å². The first kappa shape index (κ1) is 16.1. The van der Waals surface area contributed by atoms with Crippen LogP contribution in [-0.4, -0.2) is 59.6 Å². The molecule has 1 saturated heterocycles. The fourth-order valence-electron chi connectivity index (χ4n) is 2.41. The maximum absolute atomic E-state index is 12.7. The van der Waals surface area contributed by atoms with Crippen LogP contribution in [0.1, 0.15) is 34.6 Å². The van der Waals surface area contributed by atoms with Gasteiger partial charge in [0, 0.05) is 38.1 Å². The minimum atomic E-state index is -2.98. The van der Waals surface area contributed by atoms with E-state index in [4.69, 9.17) is 4.74 Å². The van der Waals surface area contributed by atoms with Gasteiger partial charge in [-0.15, -0.1) is 0 Å². The maximum atomic E-state index is 12.7. The molecular weight excluding hydrogens is 254 g/mol. The highest BCUT2D eigenvalue weighted by molar-refractivity contribution is 5.68. The first-order valence-corrected chi connectivity index (χ1v) is 6.68. The fourth-order valence-corrected chi connectivity index (χ4v) is 2.41. The third-order valence-corrected chi connectivity index (χ3v) is 3.34. The molecule has 4 nitrogen and oxygen atoms in total. The lowest BCUT2D eigenvalue weighted by molar-refractivity contribution is -0.0563. The molecule has 1 rings (SSSR count). The Kier molecular flexibility index (Phi) is 5.12. The van der Waals surface area contributed by atoms with Crippen molar-refractivity contribution in [3.63, 3.8) is 0 Å². The van der Waals surface area contributed by atoms with Crippen LogP contribution in [0.3, 0.4) is 0 Å². The zero-order valence-electron chi connectivity index (χ0n) is 12.3. The molecular formula is C13H24F2N2O2. The minimum absolute atomic E-state index is 0.0378. The Hall–Kier alpha value is -0.910. The number of halogens is 2. The van der Waals surface area contributed by atoms with Crippen LogP contribution in [0.4, 0.5) is 13.6 Å². The van der Waals surface area contributed by atoms with Gasteiger partial charge >= 0.3 is 6.09 Å². The van der Waals surface area contributed by atoms with Gasteiger partial charge in [0.25, 0.3) is 5.92 Å². The van der Waals surface area contributed by atoms with Gasteiger partial charge in [-0.25, -0.2) is 13.6 Å². The molecule has 112 valence electrons. The molecule has 0 N–H and O–H groups in total. The van der Waals surface area contributed by atoms with Crippen molar-refractivity contribution >= 4 is 6.09 Å². The molecule has 0 aromatic carbocycles. The van der Waals surface area contributed by atoms with Gasteiger partial charge in [0.2, 0.25) is 0 Å². The van der Waals surface area contributed by atoms with Gasteiger partial charge in [0.05, 0.1) is 0 Å². The number of hydrogen-bond donors (Lipinski definition) is 0. The van der Waals surface area contributed by atoms with E-state index in [1.165, 1.54) is 0 Å². The Balaban J connectivity index is 2.60. The Bertz CT molecular complexity index is 306. The lowest BCUT2D eigenvalue weighted by atomic mass is 10.1. The van der Waals surface area contributed by atoms with Crippen molar-refractivity contribution < 1.29 is 18.3 Å². The Morgan fingerprint density at radius 1 is 1.32 bits per heavy atom. The molecule has 0 saturated carbocycles. The lowest BCUT2D eigenvalue weighted by Crippen LogP contribution is -2.60. The fraction of sp³-hybridized carbons (Fsp3) is 0.923. The van der Waals surface area contributed by atoms with E-state index < -0.39 is 18.6 Å². The van der Waals surface area contributed by atoms with E-state index in [0.29, 0.717) is 6.04 Å². The predicted molar refractivity (Wildman–Crippen MR) is 69.4 cm³/mol. The van der Waals surface area contributed by atoms with Crippen LogP contribution >= 0.6 is 0 Å². The van der Waals surface area contributed by atoms with Crippen LogP contribution in [0.5, 0.6) is 0 Å². The highest BCUT2D eigenvalue weighted by Gasteiger charge is 2.35. The second-order valence-corrected chi connectivity index (χ2v) is 5.78. The van der Waals surface area contributed by atoms with Gasteiger partial charge in [0.15, 0.2) is 6.61 Å². The molecule has 19 heavy (non-hydrogen) atoms. The molecule has 1 aliphatic heterocycles. The van der Waals surface area contributed by atoms with Gasteiger partial charge in [0.1, 0.15) is 0 Å². The van der Waals surface area contributed by atoms with Gasteiger partial charge in [-0.3, -0.25) is 4.90 Å². The summed E-state index contributed by atoms with van der Waals surface area (Å²) in [6, 6.07) is 0.330. The third kappa shape index (κ3) is 4.60. The summed E-state index contributed by atoms with van der Waals surface area (Å²) in [5.41, 5.74) is 0. The predicted octanol–water partition coefficient (Wildman–Crippen LogP) is 2.58. The summed E-state index contributed by atoms with van der Waals surface area (Å²) in [6.07, 6.45) is -0.648. The minimum Gasteiger partial charge on any atom is -0.443 e. The molecule has 0 bridgehead atoms. The number of hydrogen-bond acceptors (Lipinski definition) is 3. The number of rotatable bonds is 3. The van der Waals surface area contributed by atoms with Gasteiger partial charge in [-0.05, 0) is 27.7 Å². The standard InChI is InChI=1S/C13H24F2N2O2/c1-9(2)16-6-10(3)17(11(4)7-16)12(18)19-8-13(5,14)15/h9-11H,6-8H2,1-5H3. The molecule has 2 unspecified atom stereocenters. The Morgan fingerprint density at radius 3 is 2.16 bits per heavy atom. The second-order valence-electron chi connectivity index (χ2n) is 5.78. The highest BCUT2D eigenvalue weighted by atomic mass is 19.3. The molecule has 0 radical (unpaired) electrons. The highest BCUT2D eigenvalue weighted by Crippen LogP contribution is 2.20. The van der Waals surface area contributed by atoms with Gasteiger partial charge < -0.3 is 9.64 Å². The molecule has 0 spiro atoms. The molecule has 6 heteroatoms. The summed E-state index contributed by atoms with van der Waals surface area (Å²) in [7, 11) is 0. The van der Waals surface area contributed by atoms with Gasteiger partial charge in [-0.2, -0.15) is 0 Å². The van der Waals surface area contributed by atoms with E-state index in [2.05, 4.69) is 18.7 Å². The van der Waals surface area contributed by atoms with Crippen LogP contribution < -0.4 is 0 Å². The van der Waals surface area contributed by atoms with Gasteiger partial charge in [-0.1, -0.05) is 0 Å². The van der Waals surface area contributed by atoms with Crippen molar-refractivity contribution in [3.8, 4) is 0 Å². The summed E-state index contributed by atoms with van der Waals surface area (Å²) >= 11 is 0.